The molecular formula is C27H30N3O2S+. The van der Waals surface area contributed by atoms with Crippen LogP contribution in [0, 0.1) is 6.92 Å². The average molecular weight is 461 g/mol. The van der Waals surface area contributed by atoms with E-state index in [1.807, 2.05) is 57.4 Å². The minimum atomic E-state index is -0.298. The van der Waals surface area contributed by atoms with Gasteiger partial charge in [-0.2, -0.15) is 4.57 Å². The maximum absolute atomic E-state index is 12.6. The summed E-state index contributed by atoms with van der Waals surface area (Å²) in [7, 11) is 8.03. The summed E-state index contributed by atoms with van der Waals surface area (Å²) in [4.78, 5) is 16.7. The molecule has 1 aromatic heterocycles. The van der Waals surface area contributed by atoms with Crippen LogP contribution in [0.2, 0.25) is 0 Å². The number of ether oxygens (including phenoxy) is 1. The highest BCUT2D eigenvalue weighted by Crippen LogP contribution is 2.30. The molecule has 0 bridgehead atoms. The summed E-state index contributed by atoms with van der Waals surface area (Å²) in [6, 6.07) is 22.5. The number of anilines is 2. The molecule has 0 unspecified atom stereocenters. The van der Waals surface area contributed by atoms with Gasteiger partial charge < -0.3 is 14.5 Å². The molecule has 4 rings (SSSR count). The van der Waals surface area contributed by atoms with Gasteiger partial charge in [-0.1, -0.05) is 17.4 Å². The summed E-state index contributed by atoms with van der Waals surface area (Å²) < 4.78 is 9.13. The van der Waals surface area contributed by atoms with Gasteiger partial charge in [0.2, 0.25) is 5.52 Å². The Kier molecular flexibility index (Phi) is 6.65. The number of hydrogen-bond donors (Lipinski definition) is 0. The highest BCUT2D eigenvalue weighted by Gasteiger charge is 2.23. The molecule has 0 spiro atoms. The van der Waals surface area contributed by atoms with Crippen molar-refractivity contribution in [3.05, 3.63) is 77.9 Å². The summed E-state index contributed by atoms with van der Waals surface area (Å²) >= 11 is 1.77. The lowest BCUT2D eigenvalue weighted by Crippen LogP contribution is -2.37. The molecule has 4 aromatic rings. The second-order valence-corrected chi connectivity index (χ2v) is 9.58. The number of nitrogens with zero attached hydrogens (tertiary/aromatic N) is 3. The third-order valence-electron chi connectivity index (χ3n) is 5.66. The Bertz CT molecular complexity index is 1260. The van der Waals surface area contributed by atoms with Gasteiger partial charge in [-0.25, -0.2) is 4.79 Å². The summed E-state index contributed by atoms with van der Waals surface area (Å²) in [5, 5.41) is 1.16. The van der Waals surface area contributed by atoms with Gasteiger partial charge in [-0.15, -0.1) is 0 Å². The number of fused-ring (bicyclic) bond motifs is 1. The number of carbonyl (C=O) groups is 1. The topological polar surface area (TPSA) is 36.7 Å². The highest BCUT2D eigenvalue weighted by molar-refractivity contribution is 7.21. The van der Waals surface area contributed by atoms with Gasteiger partial charge in [0, 0.05) is 45.6 Å². The fraction of sp³-hybridized carbons (Fsp3) is 0.259. The van der Waals surface area contributed by atoms with E-state index in [2.05, 4.69) is 58.9 Å². The molecule has 33 heavy (non-hydrogen) atoms. The number of rotatable bonds is 7. The zero-order valence-corrected chi connectivity index (χ0v) is 20.6. The van der Waals surface area contributed by atoms with Gasteiger partial charge in [-0.3, -0.25) is 0 Å². The van der Waals surface area contributed by atoms with Gasteiger partial charge >= 0.3 is 5.97 Å². The first-order valence-electron chi connectivity index (χ1n) is 11.0. The fourth-order valence-corrected chi connectivity index (χ4v) is 5.03. The molecule has 0 fully saturated rings. The van der Waals surface area contributed by atoms with Crippen molar-refractivity contribution in [2.24, 2.45) is 0 Å². The molecule has 0 aliphatic carbocycles. The third kappa shape index (κ3) is 5.01. The Morgan fingerprint density at radius 1 is 0.879 bits per heavy atom. The van der Waals surface area contributed by atoms with Crippen molar-refractivity contribution in [3.63, 3.8) is 0 Å². The lowest BCUT2D eigenvalue weighted by molar-refractivity contribution is -0.657. The van der Waals surface area contributed by atoms with Gasteiger partial charge in [0.25, 0.3) is 5.01 Å². The zero-order valence-electron chi connectivity index (χ0n) is 19.8. The zero-order chi connectivity index (χ0) is 23.5. The van der Waals surface area contributed by atoms with Gasteiger partial charge in [-0.05, 0) is 67.1 Å². The Balaban J connectivity index is 1.56. The van der Waals surface area contributed by atoms with E-state index in [4.69, 9.17) is 4.74 Å². The predicted molar refractivity (Wildman–Crippen MR) is 138 cm³/mol. The van der Waals surface area contributed by atoms with E-state index >= 15 is 0 Å². The van der Waals surface area contributed by atoms with E-state index in [0.29, 0.717) is 18.7 Å². The second-order valence-electron chi connectivity index (χ2n) is 8.55. The van der Waals surface area contributed by atoms with Crippen molar-refractivity contribution in [1.82, 2.24) is 0 Å². The maximum Gasteiger partial charge on any atom is 0.338 e. The molecule has 0 atom stereocenters. The highest BCUT2D eigenvalue weighted by atomic mass is 32.1. The molecule has 5 nitrogen and oxygen atoms in total. The average Bonchev–Trinajstić information content (AvgIpc) is 3.16. The van der Waals surface area contributed by atoms with E-state index in [1.165, 1.54) is 10.3 Å². The SMILES string of the molecule is Cc1ccc2c(c1)sc(-c1ccc(N(C)C)cc1)[n+]2CCOC(=O)c1ccc(N(C)C)cc1. The van der Waals surface area contributed by atoms with Crippen LogP contribution in [0.25, 0.3) is 20.8 Å². The van der Waals surface area contributed by atoms with Crippen LogP contribution < -0.4 is 14.4 Å². The molecule has 1 heterocycles. The lowest BCUT2D eigenvalue weighted by Gasteiger charge is -2.12. The number of thiazole rings is 1. The molecular weight excluding hydrogens is 430 g/mol. The van der Waals surface area contributed by atoms with Crippen molar-refractivity contribution in [1.29, 1.82) is 0 Å². The van der Waals surface area contributed by atoms with Crippen molar-refractivity contribution in [3.8, 4) is 10.6 Å². The summed E-state index contributed by atoms with van der Waals surface area (Å²) in [5.41, 5.74) is 6.33. The van der Waals surface area contributed by atoms with E-state index in [0.717, 1.165) is 27.5 Å². The van der Waals surface area contributed by atoms with Crippen molar-refractivity contribution < 1.29 is 14.1 Å². The number of esters is 1. The number of carbonyl (C=O) groups excluding carboxylic acids is 1. The first kappa shape index (κ1) is 22.8. The molecule has 0 saturated heterocycles. The Morgan fingerprint density at radius 3 is 2.09 bits per heavy atom. The Morgan fingerprint density at radius 2 is 1.48 bits per heavy atom. The second kappa shape index (κ2) is 9.63. The van der Waals surface area contributed by atoms with Crippen molar-refractivity contribution >= 4 is 38.9 Å². The van der Waals surface area contributed by atoms with Crippen LogP contribution in [0.1, 0.15) is 15.9 Å². The number of benzene rings is 3. The van der Waals surface area contributed by atoms with Gasteiger partial charge in [0.1, 0.15) is 4.70 Å². The molecule has 6 heteroatoms. The number of aryl methyl sites for hydroxylation is 1. The number of hydrogen-bond acceptors (Lipinski definition) is 5. The smallest absolute Gasteiger partial charge is 0.338 e. The van der Waals surface area contributed by atoms with Crippen LogP contribution in [0.3, 0.4) is 0 Å². The van der Waals surface area contributed by atoms with E-state index < -0.39 is 0 Å². The molecule has 0 saturated carbocycles. The largest absolute Gasteiger partial charge is 0.455 e. The summed E-state index contributed by atoms with van der Waals surface area (Å²) in [6.07, 6.45) is 0. The van der Waals surface area contributed by atoms with Crippen LogP contribution in [0.4, 0.5) is 11.4 Å². The quantitative estimate of drug-likeness (QED) is 0.282. The van der Waals surface area contributed by atoms with Crippen molar-refractivity contribution in [2.45, 2.75) is 13.5 Å². The first-order chi connectivity index (χ1) is 15.8. The molecule has 170 valence electrons. The van der Waals surface area contributed by atoms with E-state index in [1.54, 1.807) is 11.3 Å². The number of aromatic nitrogens is 1. The molecule has 3 aromatic carbocycles. The van der Waals surface area contributed by atoms with E-state index in [-0.39, 0.29) is 5.97 Å². The maximum atomic E-state index is 12.6. The van der Waals surface area contributed by atoms with Crippen LogP contribution in [0.15, 0.2) is 66.7 Å². The van der Waals surface area contributed by atoms with Crippen molar-refractivity contribution in [2.75, 3.05) is 44.6 Å². The molecule has 0 radical (unpaired) electrons. The molecule has 0 aliphatic rings. The van der Waals surface area contributed by atoms with Gasteiger partial charge in [0.05, 0.1) is 11.1 Å². The molecule has 0 aliphatic heterocycles. The third-order valence-corrected chi connectivity index (χ3v) is 6.85. The fourth-order valence-electron chi connectivity index (χ4n) is 3.74. The lowest BCUT2D eigenvalue weighted by atomic mass is 10.2. The molecule has 0 amide bonds. The van der Waals surface area contributed by atoms with Crippen LogP contribution in [-0.2, 0) is 11.3 Å². The standard InChI is InChI=1S/C27H30N3O2S/c1-19-6-15-24-25(18-19)33-26(20-7-11-22(12-8-20)28(2)3)30(24)16-17-32-27(31)21-9-13-23(14-10-21)29(4)5/h6-15,18H,16-17H2,1-5H3/q+1. The first-order valence-corrected chi connectivity index (χ1v) is 11.8. The van der Waals surface area contributed by atoms with E-state index in [9.17, 15) is 4.79 Å². The normalized spacial score (nSPS) is 10.9. The van der Waals surface area contributed by atoms with Gasteiger partial charge in [0.15, 0.2) is 13.2 Å². The minimum absolute atomic E-state index is 0.298. The predicted octanol–water partition coefficient (Wildman–Crippen LogP) is 5.15. The van der Waals surface area contributed by atoms with Crippen LogP contribution in [-0.4, -0.2) is 40.8 Å². The summed E-state index contributed by atoms with van der Waals surface area (Å²) in [6.45, 7) is 3.01. The Labute approximate surface area is 199 Å². The van der Waals surface area contributed by atoms with Crippen LogP contribution in [0.5, 0.6) is 0 Å². The minimum Gasteiger partial charge on any atom is -0.455 e. The Hall–Kier alpha value is -3.38. The monoisotopic (exact) mass is 460 g/mol. The van der Waals surface area contributed by atoms with Crippen LogP contribution >= 0.6 is 11.3 Å². The molecule has 0 N–H and O–H groups in total. The summed E-state index contributed by atoms with van der Waals surface area (Å²) in [5.74, 6) is -0.298.